The number of rotatable bonds is 0. The van der Waals surface area contributed by atoms with Crippen LogP contribution in [0.5, 0.6) is 0 Å². The van der Waals surface area contributed by atoms with Gasteiger partial charge in [-0.15, -0.1) is 0 Å². The Kier molecular flexibility index (Phi) is 11700. The van der Waals surface area contributed by atoms with E-state index in [1.165, 1.54) is 0 Å². The molecule has 0 amide bonds. The summed E-state index contributed by atoms with van der Waals surface area (Å²) in [7, 11) is 0. The summed E-state index contributed by atoms with van der Waals surface area (Å²) in [6.45, 7) is 0. The minimum atomic E-state index is 0. The fraction of sp³-hybridized carbons (Fsp3) is 0. The molecule has 0 unspecified atom stereocenters. The maximum atomic E-state index is 0. The smallest absolute Gasteiger partial charge is 0 e. The third-order valence-electron chi connectivity index (χ3n) is 0. The summed E-state index contributed by atoms with van der Waals surface area (Å²) < 4.78 is 0. The molecule has 5 nitrogen and oxygen atoms in total. The van der Waals surface area contributed by atoms with E-state index in [2.05, 4.69) is 0 Å². The molecule has 0 aliphatic carbocycles. The molecule has 0 aromatic carbocycles. The Morgan fingerprint density at radius 3 is 0.158 bits per heavy atom. The quantitative estimate of drug-likeness (QED) is 0.249. The van der Waals surface area contributed by atoms with Crippen LogP contribution < -0.4 is 124 Å². The minimum absolute atomic E-state index is 0. The summed E-state index contributed by atoms with van der Waals surface area (Å²) in [5.41, 5.74) is 0. The van der Waals surface area contributed by atoms with Gasteiger partial charge in [0, 0.05) is 74.2 Å². The van der Waals surface area contributed by atoms with E-state index in [0.29, 0.717) is 0 Å². The summed E-state index contributed by atoms with van der Waals surface area (Å²) in [5.74, 6) is 0. The van der Waals surface area contributed by atoms with Crippen LogP contribution in [0.2, 0.25) is 0 Å². The Labute approximate surface area is 222 Å². The number of hydrogen-bond acceptors (Lipinski definition) is 0. The standard InChI is InChI=1S/10ClH.5O.4V/h10*1H;;;;;;;;;/q;;;;;;;;;;5*-2;;;;/p-10. The second-order valence-electron chi connectivity index (χ2n) is 0. The maximum absolute atomic E-state index is 0. The molecule has 19 heteroatoms. The largest absolute Gasteiger partial charge is 2.00 e. The van der Waals surface area contributed by atoms with Crippen LogP contribution in [-0.2, 0) is 102 Å². The molecule has 0 N–H and O–H groups in total. The molecule has 0 aromatic heterocycles. The van der Waals surface area contributed by atoms with Crippen molar-refractivity contribution in [1.82, 2.24) is 0 Å². The van der Waals surface area contributed by atoms with E-state index in [1.807, 2.05) is 0 Å². The van der Waals surface area contributed by atoms with Crippen LogP contribution in [0, 0.1) is 0 Å². The fourth-order valence-electron chi connectivity index (χ4n) is 0. The molecular formula is Cl10O5V4-20. The Morgan fingerprint density at radius 1 is 0.158 bits per heavy atom. The van der Waals surface area contributed by atoms with Crippen molar-refractivity contribution in [2.24, 2.45) is 0 Å². The van der Waals surface area contributed by atoms with Crippen molar-refractivity contribution < 1.29 is 226 Å². The van der Waals surface area contributed by atoms with E-state index in [-0.39, 0.29) is 226 Å². The molecule has 0 aliphatic heterocycles. The summed E-state index contributed by atoms with van der Waals surface area (Å²) >= 11 is 0. The van der Waals surface area contributed by atoms with Crippen LogP contribution >= 0.6 is 0 Å². The third-order valence-corrected chi connectivity index (χ3v) is 0. The summed E-state index contributed by atoms with van der Waals surface area (Å²) in [4.78, 5) is 0. The summed E-state index contributed by atoms with van der Waals surface area (Å²) in [6.07, 6.45) is 0. The van der Waals surface area contributed by atoms with Gasteiger partial charge in [-0.3, -0.25) is 0 Å². The van der Waals surface area contributed by atoms with Gasteiger partial charge in [0.05, 0.1) is 0 Å². The average Bonchev–Trinajstić information content (AvgIpc) is 0. The van der Waals surface area contributed by atoms with Crippen LogP contribution in [0.15, 0.2) is 0 Å². The van der Waals surface area contributed by atoms with Gasteiger partial charge in [0.1, 0.15) is 0 Å². The molecular weight excluding hydrogens is 638 g/mol. The fourth-order valence-corrected chi connectivity index (χ4v) is 0. The van der Waals surface area contributed by atoms with Gasteiger partial charge in [-0.1, -0.05) is 0 Å². The second-order valence-corrected chi connectivity index (χ2v) is 0. The van der Waals surface area contributed by atoms with Gasteiger partial charge in [-0.05, 0) is 0 Å². The zero-order valence-corrected chi connectivity index (χ0v) is 20.8. The average molecular weight is 638 g/mol. The Morgan fingerprint density at radius 2 is 0.158 bits per heavy atom. The maximum Gasteiger partial charge on any atom is 0 e. The van der Waals surface area contributed by atoms with Crippen molar-refractivity contribution in [3.05, 3.63) is 0 Å². The molecule has 140 valence electrons. The van der Waals surface area contributed by atoms with E-state index in [4.69, 9.17) is 0 Å². The molecule has 0 saturated carbocycles. The topological polar surface area (TPSA) is 142 Å². The number of halogens is 10. The van der Waals surface area contributed by atoms with Gasteiger partial charge in [0.15, 0.2) is 0 Å². The van der Waals surface area contributed by atoms with Crippen molar-refractivity contribution in [3.8, 4) is 0 Å². The van der Waals surface area contributed by atoms with E-state index in [0.717, 1.165) is 0 Å². The zero-order chi connectivity index (χ0) is 0. The van der Waals surface area contributed by atoms with E-state index >= 15 is 0 Å². The van der Waals surface area contributed by atoms with Gasteiger partial charge in [0.2, 0.25) is 0 Å². The van der Waals surface area contributed by atoms with Crippen LogP contribution in [-0.4, -0.2) is 0 Å². The Hall–Kier alpha value is 5.04. The molecule has 4 radical (unpaired) electrons. The molecule has 0 bridgehead atoms. The molecule has 0 rings (SSSR count). The molecule has 0 spiro atoms. The first-order valence-corrected chi connectivity index (χ1v) is 0. The second kappa shape index (κ2) is 441. The summed E-state index contributed by atoms with van der Waals surface area (Å²) in [6, 6.07) is 0. The van der Waals surface area contributed by atoms with Gasteiger partial charge in [-0.25, -0.2) is 0 Å². The Balaban J connectivity index is 0. The van der Waals surface area contributed by atoms with Gasteiger partial charge >= 0.3 is 0 Å². The molecule has 0 heterocycles. The van der Waals surface area contributed by atoms with Crippen LogP contribution in [0.3, 0.4) is 0 Å². The van der Waals surface area contributed by atoms with Crippen LogP contribution in [0.4, 0.5) is 0 Å². The molecule has 0 aliphatic rings. The van der Waals surface area contributed by atoms with Crippen LogP contribution in [0.1, 0.15) is 0 Å². The van der Waals surface area contributed by atoms with Crippen molar-refractivity contribution in [2.45, 2.75) is 0 Å². The monoisotopic (exact) mass is 633 g/mol. The normalized spacial score (nSPS) is 0. The van der Waals surface area contributed by atoms with Crippen molar-refractivity contribution in [1.29, 1.82) is 0 Å². The summed E-state index contributed by atoms with van der Waals surface area (Å²) in [5, 5.41) is 0. The van der Waals surface area contributed by atoms with Gasteiger partial charge in [-0.2, -0.15) is 0 Å². The SMILES string of the molecule is [Cl-].[Cl-].[Cl-].[Cl-].[Cl-].[Cl-].[Cl-].[Cl-].[Cl-].[Cl-].[O-2].[O-2].[O-2].[O-2].[O-2].[V].[V].[V].[V]. The van der Waals surface area contributed by atoms with Gasteiger partial charge in [0.25, 0.3) is 0 Å². The first kappa shape index (κ1) is 503. The predicted octanol–water partition coefficient (Wildman–Crippen LogP) is -30.6. The molecule has 0 aromatic rings. The van der Waals surface area contributed by atoms with Gasteiger partial charge < -0.3 is 151 Å². The van der Waals surface area contributed by atoms with E-state index in [1.54, 1.807) is 0 Å². The molecule has 0 fully saturated rings. The zero-order valence-electron chi connectivity index (χ0n) is 7.61. The third kappa shape index (κ3) is 402. The van der Waals surface area contributed by atoms with Crippen LogP contribution in [0.25, 0.3) is 0 Å². The molecule has 0 saturated heterocycles. The van der Waals surface area contributed by atoms with Crippen molar-refractivity contribution in [3.63, 3.8) is 0 Å². The van der Waals surface area contributed by atoms with Crippen molar-refractivity contribution >= 4 is 0 Å². The van der Waals surface area contributed by atoms with E-state index < -0.39 is 0 Å². The minimum Gasteiger partial charge on any atom is -2.00 e. The first-order valence-electron chi connectivity index (χ1n) is 0. The number of hydrogen-bond donors (Lipinski definition) is 0. The predicted molar refractivity (Wildman–Crippen MR) is 3.43 cm³/mol. The Bertz CT molecular complexity index is 27.9. The van der Waals surface area contributed by atoms with Crippen molar-refractivity contribution in [2.75, 3.05) is 0 Å². The van der Waals surface area contributed by atoms with E-state index in [9.17, 15) is 0 Å². The first-order chi connectivity index (χ1) is 0. The molecule has 0 atom stereocenters. The molecule has 19 heavy (non-hydrogen) atoms.